The number of benzene rings is 1. The van der Waals surface area contributed by atoms with E-state index < -0.39 is 0 Å². The summed E-state index contributed by atoms with van der Waals surface area (Å²) in [5.41, 5.74) is 3.56. The van der Waals surface area contributed by atoms with Crippen molar-refractivity contribution in [3.63, 3.8) is 0 Å². The topological polar surface area (TPSA) is 25.8 Å². The molecule has 0 fully saturated rings. The van der Waals surface area contributed by atoms with Gasteiger partial charge in [-0.2, -0.15) is 0 Å². The minimum atomic E-state index is 0.481. The molecule has 0 radical (unpaired) electrons. The van der Waals surface area contributed by atoms with Crippen LogP contribution in [0.5, 0.6) is 0 Å². The van der Waals surface area contributed by atoms with Crippen molar-refractivity contribution >= 4 is 21.8 Å². The average Bonchev–Trinajstić information content (AvgIpc) is 2.58. The Bertz CT molecular complexity index is 705. The van der Waals surface area contributed by atoms with E-state index in [4.69, 9.17) is 11.6 Å². The Morgan fingerprint density at radius 3 is 2.14 bits per heavy atom. The third-order valence-electron chi connectivity index (χ3n) is 2.73. The van der Waals surface area contributed by atoms with Gasteiger partial charge in [0.15, 0.2) is 0 Å². The van der Waals surface area contributed by atoms with E-state index in [1.165, 1.54) is 0 Å². The minimum absolute atomic E-state index is 0.481. The SMILES string of the molecule is Clc1cccc(-c2[c-]c(-c3ccccn3)ccc2)n1.[Cl][Ni]. The van der Waals surface area contributed by atoms with Crippen molar-refractivity contribution in [3.8, 4) is 22.5 Å². The zero-order valence-corrected chi connectivity index (χ0v) is 13.2. The second-order valence-corrected chi connectivity index (χ2v) is 4.43. The van der Waals surface area contributed by atoms with Gasteiger partial charge in [-0.05, 0) is 12.1 Å². The van der Waals surface area contributed by atoms with E-state index in [1.807, 2.05) is 48.5 Å². The van der Waals surface area contributed by atoms with Crippen molar-refractivity contribution < 1.29 is 14.6 Å². The zero-order chi connectivity index (χ0) is 15.1. The molecule has 0 aliphatic carbocycles. The van der Waals surface area contributed by atoms with Gasteiger partial charge in [-0.3, -0.25) is 9.97 Å². The first-order chi connectivity index (χ1) is 10.3. The molecule has 0 amide bonds. The summed E-state index contributed by atoms with van der Waals surface area (Å²) in [6, 6.07) is 20.6. The molecule has 1 aromatic carbocycles. The number of aromatic nitrogens is 2. The molecular formula is C16H10Cl2N2Ni-. The first kappa shape index (κ1) is 16.0. The van der Waals surface area contributed by atoms with Gasteiger partial charge in [0, 0.05) is 17.6 Å². The summed E-state index contributed by atoms with van der Waals surface area (Å²) >= 11 is 9.26. The number of halogens is 2. The van der Waals surface area contributed by atoms with Crippen molar-refractivity contribution in [1.82, 2.24) is 9.97 Å². The molecule has 2 nitrogen and oxygen atoms in total. The van der Waals surface area contributed by atoms with Crippen molar-refractivity contribution in [1.29, 1.82) is 0 Å². The van der Waals surface area contributed by atoms with Crippen LogP contribution in [0.3, 0.4) is 0 Å². The third-order valence-corrected chi connectivity index (χ3v) is 2.94. The van der Waals surface area contributed by atoms with Gasteiger partial charge in [0.2, 0.25) is 0 Å². The molecular weight excluding hydrogens is 350 g/mol. The fraction of sp³-hybridized carbons (Fsp3) is 0. The molecule has 0 aliphatic heterocycles. The van der Waals surface area contributed by atoms with Gasteiger partial charge in [0.25, 0.3) is 0 Å². The monoisotopic (exact) mass is 358 g/mol. The van der Waals surface area contributed by atoms with Crippen LogP contribution in [0.1, 0.15) is 0 Å². The molecule has 2 aromatic heterocycles. The summed E-state index contributed by atoms with van der Waals surface area (Å²) in [5.74, 6) is 0. The molecule has 0 aliphatic rings. The van der Waals surface area contributed by atoms with Gasteiger partial charge >= 0.3 is 24.8 Å². The summed E-state index contributed by atoms with van der Waals surface area (Å²) in [5, 5.41) is 0.481. The number of hydrogen-bond acceptors (Lipinski definition) is 2. The molecule has 3 rings (SSSR count). The molecule has 5 heteroatoms. The molecule has 0 saturated heterocycles. The standard InChI is InChI=1S/C16H10ClN2.ClH.Ni/c17-16-9-4-8-15(19-16)13-6-3-5-12(11-13)14-7-1-2-10-18-14;;/h1-10H;1H;/q-1;;+1/p-1. The number of hydrogen-bond donors (Lipinski definition) is 0. The zero-order valence-electron chi connectivity index (χ0n) is 10.7. The summed E-state index contributed by atoms with van der Waals surface area (Å²) < 4.78 is 0. The van der Waals surface area contributed by atoms with Gasteiger partial charge in [-0.25, -0.2) is 0 Å². The molecule has 21 heavy (non-hydrogen) atoms. The van der Waals surface area contributed by atoms with Crippen LogP contribution in [0.15, 0.2) is 60.8 Å². The van der Waals surface area contributed by atoms with Crippen LogP contribution in [-0.2, 0) is 14.6 Å². The molecule has 109 valence electrons. The van der Waals surface area contributed by atoms with Crippen molar-refractivity contribution in [2.24, 2.45) is 0 Å². The molecule has 0 atom stereocenters. The fourth-order valence-electron chi connectivity index (χ4n) is 1.85. The molecule has 0 unspecified atom stereocenters. The van der Waals surface area contributed by atoms with Gasteiger partial charge in [-0.1, -0.05) is 47.0 Å². The number of nitrogens with zero attached hydrogens (tertiary/aromatic N) is 2. The Labute approximate surface area is 140 Å². The maximum atomic E-state index is 5.91. The maximum absolute atomic E-state index is 5.91. The number of pyridine rings is 2. The predicted octanol–water partition coefficient (Wildman–Crippen LogP) is 4.95. The van der Waals surface area contributed by atoms with Crippen LogP contribution in [0.25, 0.3) is 22.5 Å². The average molecular weight is 360 g/mol. The van der Waals surface area contributed by atoms with E-state index in [2.05, 4.69) is 40.8 Å². The van der Waals surface area contributed by atoms with E-state index in [1.54, 1.807) is 12.3 Å². The van der Waals surface area contributed by atoms with Gasteiger partial charge in [-0.15, -0.1) is 24.3 Å². The van der Waals surface area contributed by atoms with E-state index >= 15 is 0 Å². The Morgan fingerprint density at radius 2 is 1.48 bits per heavy atom. The van der Waals surface area contributed by atoms with Crippen LogP contribution >= 0.6 is 21.8 Å². The van der Waals surface area contributed by atoms with Gasteiger partial charge in [0.1, 0.15) is 5.15 Å². The molecule has 2 heterocycles. The normalized spacial score (nSPS) is 9.71. The third kappa shape index (κ3) is 4.28. The predicted molar refractivity (Wildman–Crippen MR) is 82.6 cm³/mol. The van der Waals surface area contributed by atoms with Gasteiger partial charge in [0.05, 0.1) is 0 Å². The summed E-state index contributed by atoms with van der Waals surface area (Å²) in [7, 11) is 4.26. The summed E-state index contributed by atoms with van der Waals surface area (Å²) in [4.78, 5) is 8.62. The first-order valence-corrected chi connectivity index (χ1v) is 7.75. The summed E-state index contributed by atoms with van der Waals surface area (Å²) in [6.07, 6.45) is 1.77. The summed E-state index contributed by atoms with van der Waals surface area (Å²) in [6.45, 7) is 0. The fourth-order valence-corrected chi connectivity index (χ4v) is 2.01. The van der Waals surface area contributed by atoms with Crippen LogP contribution in [0.2, 0.25) is 5.15 Å². The second-order valence-electron chi connectivity index (χ2n) is 4.04. The Hall–Kier alpha value is -1.41. The number of rotatable bonds is 2. The quantitative estimate of drug-likeness (QED) is 0.367. The van der Waals surface area contributed by atoms with E-state index in [9.17, 15) is 0 Å². The van der Waals surface area contributed by atoms with Crippen LogP contribution in [0.4, 0.5) is 0 Å². The van der Waals surface area contributed by atoms with Crippen LogP contribution < -0.4 is 0 Å². The van der Waals surface area contributed by atoms with E-state index in [0.29, 0.717) is 5.15 Å². The van der Waals surface area contributed by atoms with E-state index in [-0.39, 0.29) is 0 Å². The molecule has 0 spiro atoms. The van der Waals surface area contributed by atoms with Crippen molar-refractivity contribution in [2.45, 2.75) is 0 Å². The van der Waals surface area contributed by atoms with Crippen LogP contribution in [0, 0.1) is 6.07 Å². The molecule has 0 N–H and O–H groups in total. The molecule has 0 bridgehead atoms. The van der Waals surface area contributed by atoms with Crippen molar-refractivity contribution in [2.75, 3.05) is 0 Å². The molecule has 0 saturated carbocycles. The Kier molecular flexibility index (Phi) is 6.19. The second kappa shape index (κ2) is 8.14. The van der Waals surface area contributed by atoms with Crippen molar-refractivity contribution in [3.05, 3.63) is 72.0 Å². The van der Waals surface area contributed by atoms with Gasteiger partial charge < -0.3 is 0 Å². The first-order valence-electron chi connectivity index (χ1n) is 6.01. The van der Waals surface area contributed by atoms with Crippen LogP contribution in [-0.4, -0.2) is 9.97 Å². The van der Waals surface area contributed by atoms with E-state index in [0.717, 1.165) is 22.5 Å². The molecule has 3 aromatic rings. The Balaban J connectivity index is 0.000000774. The Morgan fingerprint density at radius 1 is 0.810 bits per heavy atom.